The van der Waals surface area contributed by atoms with E-state index in [4.69, 9.17) is 0 Å². The number of aromatic nitrogens is 1. The summed E-state index contributed by atoms with van der Waals surface area (Å²) in [6.45, 7) is 11.1. The van der Waals surface area contributed by atoms with Gasteiger partial charge in [-0.2, -0.15) is 0 Å². The minimum absolute atomic E-state index is 0.0359. The van der Waals surface area contributed by atoms with Gasteiger partial charge in [0, 0.05) is 23.8 Å². The van der Waals surface area contributed by atoms with Crippen LogP contribution in [0.2, 0.25) is 0 Å². The van der Waals surface area contributed by atoms with Crippen LogP contribution in [0.4, 0.5) is 5.82 Å². The number of aryl methyl sites for hydroxylation is 1. The minimum atomic E-state index is -0.0359. The number of pyridine rings is 1. The highest BCUT2D eigenvalue weighted by Crippen LogP contribution is 2.11. The van der Waals surface area contributed by atoms with Gasteiger partial charge in [0.15, 0.2) is 0 Å². The molecule has 0 bridgehead atoms. The van der Waals surface area contributed by atoms with Gasteiger partial charge < -0.3 is 10.6 Å². The maximum absolute atomic E-state index is 12.2. The topological polar surface area (TPSA) is 54.0 Å². The number of hydrogen-bond donors (Lipinski definition) is 2. The zero-order valence-electron chi connectivity index (χ0n) is 12.6. The quantitative estimate of drug-likeness (QED) is 0.829. The number of rotatable bonds is 6. The normalized spacial score (nSPS) is 12.3. The van der Waals surface area contributed by atoms with Gasteiger partial charge >= 0.3 is 0 Å². The van der Waals surface area contributed by atoms with Crippen molar-refractivity contribution in [3.63, 3.8) is 0 Å². The lowest BCUT2D eigenvalue weighted by Gasteiger charge is -2.18. The van der Waals surface area contributed by atoms with Crippen molar-refractivity contribution in [1.29, 1.82) is 0 Å². The molecule has 2 N–H and O–H groups in total. The Balaban J connectivity index is 2.81. The van der Waals surface area contributed by atoms with Crippen LogP contribution in [0.25, 0.3) is 0 Å². The van der Waals surface area contributed by atoms with Crippen LogP contribution >= 0.6 is 0 Å². The standard InChI is InChI=1S/C15H25N3O/c1-6-7-16-14-9-13(8-11(4)17-14)15(19)18-12(5)10(2)3/h8-10,12H,6-7H2,1-5H3,(H,16,17)(H,18,19). The van der Waals surface area contributed by atoms with E-state index in [1.54, 1.807) is 0 Å². The lowest BCUT2D eigenvalue weighted by Crippen LogP contribution is -2.36. The highest BCUT2D eigenvalue weighted by Gasteiger charge is 2.13. The molecule has 0 aliphatic rings. The lowest BCUT2D eigenvalue weighted by molar-refractivity contribution is 0.0930. The molecular formula is C15H25N3O. The van der Waals surface area contributed by atoms with Crippen molar-refractivity contribution in [3.8, 4) is 0 Å². The predicted molar refractivity (Wildman–Crippen MR) is 79.5 cm³/mol. The highest BCUT2D eigenvalue weighted by molar-refractivity contribution is 5.95. The summed E-state index contributed by atoms with van der Waals surface area (Å²) in [5.41, 5.74) is 1.52. The van der Waals surface area contributed by atoms with E-state index < -0.39 is 0 Å². The Labute approximate surface area is 116 Å². The van der Waals surface area contributed by atoms with Crippen LogP contribution in [-0.4, -0.2) is 23.5 Å². The first-order chi connectivity index (χ1) is 8.93. The molecule has 1 unspecified atom stereocenters. The van der Waals surface area contributed by atoms with Crippen molar-refractivity contribution in [1.82, 2.24) is 10.3 Å². The van der Waals surface area contributed by atoms with Crippen LogP contribution in [-0.2, 0) is 0 Å². The molecule has 0 aliphatic heterocycles. The summed E-state index contributed by atoms with van der Waals surface area (Å²) in [7, 11) is 0. The molecule has 0 radical (unpaired) electrons. The second-order valence-corrected chi connectivity index (χ2v) is 5.32. The third-order valence-corrected chi connectivity index (χ3v) is 3.13. The Bertz CT molecular complexity index is 429. The van der Waals surface area contributed by atoms with Gasteiger partial charge in [-0.3, -0.25) is 4.79 Å². The third kappa shape index (κ3) is 4.89. The molecule has 0 fully saturated rings. The van der Waals surface area contributed by atoms with Gasteiger partial charge in [-0.15, -0.1) is 0 Å². The van der Waals surface area contributed by atoms with Crippen molar-refractivity contribution in [3.05, 3.63) is 23.4 Å². The molecule has 4 nitrogen and oxygen atoms in total. The fourth-order valence-electron chi connectivity index (χ4n) is 1.60. The number of nitrogens with zero attached hydrogens (tertiary/aromatic N) is 1. The summed E-state index contributed by atoms with van der Waals surface area (Å²) >= 11 is 0. The largest absolute Gasteiger partial charge is 0.370 e. The Morgan fingerprint density at radius 1 is 1.32 bits per heavy atom. The second-order valence-electron chi connectivity index (χ2n) is 5.32. The zero-order chi connectivity index (χ0) is 14.4. The van der Waals surface area contributed by atoms with Crippen molar-refractivity contribution in [2.75, 3.05) is 11.9 Å². The van der Waals surface area contributed by atoms with E-state index in [0.29, 0.717) is 11.5 Å². The molecule has 19 heavy (non-hydrogen) atoms. The van der Waals surface area contributed by atoms with Crippen molar-refractivity contribution in [2.45, 2.75) is 47.1 Å². The monoisotopic (exact) mass is 263 g/mol. The Morgan fingerprint density at radius 3 is 2.58 bits per heavy atom. The number of hydrogen-bond acceptors (Lipinski definition) is 3. The summed E-state index contributed by atoms with van der Waals surface area (Å²) in [4.78, 5) is 16.5. The Kier molecular flexibility index (Phi) is 5.80. The minimum Gasteiger partial charge on any atom is -0.370 e. The molecule has 0 aliphatic carbocycles. The average Bonchev–Trinajstić information content (AvgIpc) is 2.35. The molecule has 1 aromatic rings. The molecule has 0 spiro atoms. The SMILES string of the molecule is CCCNc1cc(C(=O)NC(C)C(C)C)cc(C)n1. The fraction of sp³-hybridized carbons (Fsp3) is 0.600. The molecule has 1 aromatic heterocycles. The number of nitrogens with one attached hydrogen (secondary N) is 2. The van der Waals surface area contributed by atoms with E-state index in [9.17, 15) is 4.79 Å². The van der Waals surface area contributed by atoms with Gasteiger partial charge in [0.2, 0.25) is 0 Å². The molecule has 0 saturated carbocycles. The number of carbonyl (C=O) groups is 1. The van der Waals surface area contributed by atoms with Gasteiger partial charge in [-0.05, 0) is 38.3 Å². The molecule has 1 rings (SSSR count). The van der Waals surface area contributed by atoms with Crippen LogP contribution in [0, 0.1) is 12.8 Å². The second kappa shape index (κ2) is 7.12. The van der Waals surface area contributed by atoms with E-state index >= 15 is 0 Å². The number of anilines is 1. The first-order valence-corrected chi connectivity index (χ1v) is 6.97. The molecule has 1 heterocycles. The summed E-state index contributed by atoms with van der Waals surface area (Å²) in [6.07, 6.45) is 1.03. The van der Waals surface area contributed by atoms with Crippen LogP contribution in [0.1, 0.15) is 50.2 Å². The van der Waals surface area contributed by atoms with Crippen LogP contribution in [0.15, 0.2) is 12.1 Å². The third-order valence-electron chi connectivity index (χ3n) is 3.13. The molecule has 1 atom stereocenters. The smallest absolute Gasteiger partial charge is 0.251 e. The molecular weight excluding hydrogens is 238 g/mol. The van der Waals surface area contributed by atoms with E-state index in [2.05, 4.69) is 36.4 Å². The fourth-order valence-corrected chi connectivity index (χ4v) is 1.60. The lowest BCUT2D eigenvalue weighted by atomic mass is 10.1. The molecule has 106 valence electrons. The van der Waals surface area contributed by atoms with Crippen LogP contribution in [0.5, 0.6) is 0 Å². The number of carbonyl (C=O) groups excluding carboxylic acids is 1. The van der Waals surface area contributed by atoms with Gasteiger partial charge in [-0.1, -0.05) is 20.8 Å². The zero-order valence-corrected chi connectivity index (χ0v) is 12.6. The van der Waals surface area contributed by atoms with E-state index in [1.807, 2.05) is 26.0 Å². The van der Waals surface area contributed by atoms with Crippen LogP contribution in [0.3, 0.4) is 0 Å². The molecule has 4 heteroatoms. The summed E-state index contributed by atoms with van der Waals surface area (Å²) in [5.74, 6) is 1.15. The Morgan fingerprint density at radius 2 is 2.00 bits per heavy atom. The van der Waals surface area contributed by atoms with Crippen molar-refractivity contribution < 1.29 is 4.79 Å². The van der Waals surface area contributed by atoms with Crippen molar-refractivity contribution in [2.24, 2.45) is 5.92 Å². The van der Waals surface area contributed by atoms with Crippen molar-refractivity contribution >= 4 is 11.7 Å². The van der Waals surface area contributed by atoms with E-state index in [-0.39, 0.29) is 11.9 Å². The predicted octanol–water partition coefficient (Wildman–Crippen LogP) is 2.99. The molecule has 0 aromatic carbocycles. The maximum atomic E-state index is 12.2. The van der Waals surface area contributed by atoms with Gasteiger partial charge in [0.25, 0.3) is 5.91 Å². The van der Waals surface area contributed by atoms with E-state index in [1.165, 1.54) is 0 Å². The molecule has 1 amide bonds. The summed E-state index contributed by atoms with van der Waals surface area (Å²) < 4.78 is 0. The first-order valence-electron chi connectivity index (χ1n) is 6.97. The van der Waals surface area contributed by atoms with Gasteiger partial charge in [0.1, 0.15) is 5.82 Å². The summed E-state index contributed by atoms with van der Waals surface area (Å²) in [6, 6.07) is 3.79. The van der Waals surface area contributed by atoms with Crippen LogP contribution < -0.4 is 10.6 Å². The van der Waals surface area contributed by atoms with Gasteiger partial charge in [0.05, 0.1) is 0 Å². The Hall–Kier alpha value is -1.58. The molecule has 0 saturated heterocycles. The first kappa shape index (κ1) is 15.5. The van der Waals surface area contributed by atoms with E-state index in [0.717, 1.165) is 24.5 Å². The average molecular weight is 263 g/mol. The number of amides is 1. The summed E-state index contributed by atoms with van der Waals surface area (Å²) in [5, 5.41) is 6.23. The maximum Gasteiger partial charge on any atom is 0.251 e. The highest BCUT2D eigenvalue weighted by atomic mass is 16.1. The van der Waals surface area contributed by atoms with Gasteiger partial charge in [-0.25, -0.2) is 4.98 Å².